The number of aromatic nitrogens is 2. The second-order valence-electron chi connectivity index (χ2n) is 4.22. The van der Waals surface area contributed by atoms with Gasteiger partial charge in [0.25, 0.3) is 0 Å². The van der Waals surface area contributed by atoms with Crippen molar-refractivity contribution >= 4 is 5.97 Å². The first kappa shape index (κ1) is 13.3. The fraction of sp³-hybridized carbons (Fsp3) is 0.167. The predicted octanol–water partition coefficient (Wildman–Crippen LogP) is 2.52. The largest absolute Gasteiger partial charge is 0.477 e. The summed E-state index contributed by atoms with van der Waals surface area (Å²) >= 11 is 0. The van der Waals surface area contributed by atoms with Gasteiger partial charge in [-0.15, -0.1) is 0 Å². The number of nitrogens with zero attached hydrogens (tertiary/aromatic N) is 1. The highest BCUT2D eigenvalue weighted by atomic mass is 19.4. The molecule has 6 nitrogen and oxygen atoms in total. The summed E-state index contributed by atoms with van der Waals surface area (Å²) in [6.45, 7) is -0.170. The van der Waals surface area contributed by atoms with Crippen molar-refractivity contribution < 1.29 is 32.5 Å². The normalized spacial score (nSPS) is 13.5. The number of ether oxygens (including phenoxy) is 2. The molecule has 0 amide bonds. The van der Waals surface area contributed by atoms with Gasteiger partial charge in [-0.2, -0.15) is 18.3 Å². The summed E-state index contributed by atoms with van der Waals surface area (Å²) in [4.78, 5) is 10.8. The van der Waals surface area contributed by atoms with Crippen LogP contribution in [-0.4, -0.2) is 28.1 Å². The van der Waals surface area contributed by atoms with E-state index in [1.165, 1.54) is 0 Å². The number of alkyl halides is 3. The molecule has 0 saturated carbocycles. The highest BCUT2D eigenvalue weighted by molar-refractivity contribution is 5.87. The lowest BCUT2D eigenvalue weighted by Crippen LogP contribution is -2.07. The monoisotopic (exact) mass is 300 g/mol. The third kappa shape index (κ3) is 2.26. The van der Waals surface area contributed by atoms with Gasteiger partial charge in [-0.1, -0.05) is 0 Å². The molecule has 0 saturated heterocycles. The van der Waals surface area contributed by atoms with Gasteiger partial charge in [0.1, 0.15) is 5.69 Å². The fourth-order valence-electron chi connectivity index (χ4n) is 1.96. The Hall–Kier alpha value is -2.71. The second kappa shape index (κ2) is 4.40. The van der Waals surface area contributed by atoms with Crippen LogP contribution in [0.1, 0.15) is 16.1 Å². The molecule has 0 radical (unpaired) electrons. The SMILES string of the molecule is O=C(O)c1cc(-c2cc3c(cc2C(F)(F)F)OCO3)n[nH]1. The molecule has 0 spiro atoms. The molecule has 110 valence electrons. The molecule has 0 aliphatic carbocycles. The third-order valence-electron chi connectivity index (χ3n) is 2.90. The van der Waals surface area contributed by atoms with E-state index >= 15 is 0 Å². The smallest absolute Gasteiger partial charge is 0.417 e. The summed E-state index contributed by atoms with van der Waals surface area (Å²) < 4.78 is 49.3. The predicted molar refractivity (Wildman–Crippen MR) is 62.1 cm³/mol. The molecule has 2 aromatic rings. The van der Waals surface area contributed by atoms with Crippen LogP contribution in [-0.2, 0) is 6.18 Å². The number of halogens is 3. The lowest BCUT2D eigenvalue weighted by molar-refractivity contribution is -0.137. The van der Waals surface area contributed by atoms with E-state index in [1.807, 2.05) is 0 Å². The van der Waals surface area contributed by atoms with Gasteiger partial charge in [0.05, 0.1) is 11.3 Å². The number of rotatable bonds is 2. The number of H-pyrrole nitrogens is 1. The van der Waals surface area contributed by atoms with Crippen LogP contribution in [0.25, 0.3) is 11.3 Å². The maximum absolute atomic E-state index is 13.1. The van der Waals surface area contributed by atoms with Crippen molar-refractivity contribution in [2.75, 3.05) is 6.79 Å². The van der Waals surface area contributed by atoms with E-state index in [0.29, 0.717) is 0 Å². The van der Waals surface area contributed by atoms with Gasteiger partial charge in [-0.3, -0.25) is 5.10 Å². The Labute approximate surface area is 115 Å². The Morgan fingerprint density at radius 2 is 1.90 bits per heavy atom. The maximum Gasteiger partial charge on any atom is 0.417 e. The molecule has 0 fully saturated rings. The van der Waals surface area contributed by atoms with Crippen LogP contribution in [0.2, 0.25) is 0 Å². The third-order valence-corrected chi connectivity index (χ3v) is 2.90. The van der Waals surface area contributed by atoms with Gasteiger partial charge in [-0.05, 0) is 18.2 Å². The zero-order chi connectivity index (χ0) is 15.2. The van der Waals surface area contributed by atoms with Crippen LogP contribution >= 0.6 is 0 Å². The van der Waals surface area contributed by atoms with Crippen molar-refractivity contribution in [1.82, 2.24) is 10.2 Å². The van der Waals surface area contributed by atoms with E-state index < -0.39 is 17.7 Å². The highest BCUT2D eigenvalue weighted by Gasteiger charge is 2.36. The number of benzene rings is 1. The molecule has 1 aliphatic heterocycles. The van der Waals surface area contributed by atoms with Crippen LogP contribution in [0, 0.1) is 0 Å². The van der Waals surface area contributed by atoms with Crippen molar-refractivity contribution in [1.29, 1.82) is 0 Å². The summed E-state index contributed by atoms with van der Waals surface area (Å²) in [5, 5.41) is 14.6. The van der Waals surface area contributed by atoms with Gasteiger partial charge < -0.3 is 14.6 Å². The average molecular weight is 300 g/mol. The molecule has 21 heavy (non-hydrogen) atoms. The number of hydrogen-bond acceptors (Lipinski definition) is 4. The van der Waals surface area contributed by atoms with Crippen LogP contribution in [0.3, 0.4) is 0 Å². The summed E-state index contributed by atoms with van der Waals surface area (Å²) in [5.41, 5.74) is -1.71. The Balaban J connectivity index is 2.17. The van der Waals surface area contributed by atoms with Crippen LogP contribution in [0.4, 0.5) is 13.2 Å². The minimum absolute atomic E-state index is 0.0138. The first-order chi connectivity index (χ1) is 9.86. The van der Waals surface area contributed by atoms with Gasteiger partial charge in [0, 0.05) is 5.56 Å². The van der Waals surface area contributed by atoms with E-state index in [1.54, 1.807) is 0 Å². The van der Waals surface area contributed by atoms with Crippen LogP contribution in [0.5, 0.6) is 11.5 Å². The zero-order valence-corrected chi connectivity index (χ0v) is 10.2. The maximum atomic E-state index is 13.1. The number of carbonyl (C=O) groups is 1. The first-order valence-electron chi connectivity index (χ1n) is 5.66. The van der Waals surface area contributed by atoms with E-state index in [2.05, 4.69) is 10.2 Å². The van der Waals surface area contributed by atoms with Gasteiger partial charge in [0.2, 0.25) is 6.79 Å². The topological polar surface area (TPSA) is 84.4 Å². The second-order valence-corrected chi connectivity index (χ2v) is 4.22. The molecule has 0 atom stereocenters. The molecule has 0 bridgehead atoms. The highest BCUT2D eigenvalue weighted by Crippen LogP contribution is 2.44. The fourth-order valence-corrected chi connectivity index (χ4v) is 1.96. The first-order valence-corrected chi connectivity index (χ1v) is 5.66. The number of nitrogens with one attached hydrogen (secondary N) is 1. The van der Waals surface area contributed by atoms with Gasteiger partial charge >= 0.3 is 12.1 Å². The van der Waals surface area contributed by atoms with E-state index in [4.69, 9.17) is 14.6 Å². The summed E-state index contributed by atoms with van der Waals surface area (Å²) in [5.74, 6) is -1.18. The molecule has 2 N–H and O–H groups in total. The number of hydrogen-bond donors (Lipinski definition) is 2. The van der Waals surface area contributed by atoms with Crippen LogP contribution in [0.15, 0.2) is 18.2 Å². The number of aromatic carboxylic acids is 1. The Morgan fingerprint density at radius 3 is 2.48 bits per heavy atom. The lowest BCUT2D eigenvalue weighted by Gasteiger charge is -2.12. The average Bonchev–Trinajstić information content (AvgIpc) is 3.04. The summed E-state index contributed by atoms with van der Waals surface area (Å²) in [6.07, 6.45) is -4.64. The molecule has 2 heterocycles. The Bertz CT molecular complexity index is 724. The molecule has 3 rings (SSSR count). The molecule has 1 aromatic carbocycles. The number of carboxylic acids is 1. The van der Waals surface area contributed by atoms with Crippen molar-refractivity contribution in [3.8, 4) is 22.8 Å². The standard InChI is InChI=1S/C12H7F3N2O4/c13-12(14,15)6-2-10-9(20-4-21-10)1-5(6)7-3-8(11(18)19)17-16-7/h1-3H,4H2,(H,16,17)(H,18,19). The molecule has 1 aliphatic rings. The van der Waals surface area contributed by atoms with Crippen molar-refractivity contribution in [3.05, 3.63) is 29.5 Å². The van der Waals surface area contributed by atoms with E-state index in [9.17, 15) is 18.0 Å². The zero-order valence-electron chi connectivity index (χ0n) is 10.2. The summed E-state index contributed by atoms with van der Waals surface area (Å²) in [7, 11) is 0. The Morgan fingerprint density at radius 1 is 1.24 bits per heavy atom. The van der Waals surface area contributed by atoms with Crippen molar-refractivity contribution in [2.24, 2.45) is 0 Å². The molecule has 0 unspecified atom stereocenters. The lowest BCUT2D eigenvalue weighted by atomic mass is 10.0. The molecular weight excluding hydrogens is 293 g/mol. The number of aromatic amines is 1. The van der Waals surface area contributed by atoms with Gasteiger partial charge in [0.15, 0.2) is 11.5 Å². The van der Waals surface area contributed by atoms with Crippen LogP contribution < -0.4 is 9.47 Å². The quantitative estimate of drug-likeness (QED) is 0.890. The number of carboxylic acid groups (broad SMARTS) is 1. The molecule has 9 heteroatoms. The summed E-state index contributed by atoms with van der Waals surface area (Å²) in [6, 6.07) is 2.97. The van der Waals surface area contributed by atoms with Crippen molar-refractivity contribution in [2.45, 2.75) is 6.18 Å². The van der Waals surface area contributed by atoms with Crippen molar-refractivity contribution in [3.63, 3.8) is 0 Å². The minimum atomic E-state index is -4.64. The number of fused-ring (bicyclic) bond motifs is 1. The van der Waals surface area contributed by atoms with E-state index in [0.717, 1.165) is 18.2 Å². The Kier molecular flexibility index (Phi) is 2.78. The van der Waals surface area contributed by atoms with E-state index in [-0.39, 0.29) is 35.2 Å². The molecule has 1 aromatic heterocycles. The molecular formula is C12H7F3N2O4. The minimum Gasteiger partial charge on any atom is -0.477 e. The van der Waals surface area contributed by atoms with Gasteiger partial charge in [-0.25, -0.2) is 4.79 Å².